The topological polar surface area (TPSA) is 177 Å². The molecule has 0 aliphatic carbocycles. The minimum atomic E-state index is -1.34. The van der Waals surface area contributed by atoms with Crippen molar-refractivity contribution in [1.82, 2.24) is 15.2 Å². The van der Waals surface area contributed by atoms with Crippen LogP contribution in [0.15, 0.2) is 21.8 Å². The number of fused-ring (bicyclic) bond motifs is 1. The molecule has 1 unspecified atom stereocenters. The summed E-state index contributed by atoms with van der Waals surface area (Å²) in [6.45, 7) is 1.36. The Labute approximate surface area is 211 Å². The van der Waals surface area contributed by atoms with E-state index in [2.05, 4.69) is 20.8 Å². The minimum absolute atomic E-state index is 0.0882. The largest absolute Gasteiger partial charge is 0.477 e. The molecule has 3 amide bonds. The SMILES string of the molecule is CCC(=O)OCC1=C(C(=O)O)N2C(=O)C(NC(=O)/C(=N\OC)c3csc(NC(=O)CCl)n3)[C@@H]2SC1. The molecule has 0 aromatic carbocycles. The zero-order chi connectivity index (χ0) is 25.7. The number of carboxylic acids is 1. The number of carbonyl (C=O) groups is 5. The molecule has 13 nitrogen and oxygen atoms in total. The third-order valence-corrected chi connectivity index (χ3v) is 7.08. The normalized spacial score (nSPS) is 19.5. The number of β-lactam (4-membered cyclic amide) rings is 1. The molecule has 1 saturated heterocycles. The first-order valence-electron chi connectivity index (χ1n) is 10.0. The van der Waals surface area contributed by atoms with E-state index >= 15 is 0 Å². The Balaban J connectivity index is 1.74. The molecule has 1 fully saturated rings. The van der Waals surface area contributed by atoms with E-state index in [1.54, 1.807) is 6.92 Å². The van der Waals surface area contributed by atoms with Crippen LogP contribution in [0.2, 0.25) is 0 Å². The molecule has 0 saturated carbocycles. The lowest BCUT2D eigenvalue weighted by molar-refractivity contribution is -0.150. The van der Waals surface area contributed by atoms with Gasteiger partial charge in [-0.15, -0.1) is 34.7 Å². The molecule has 2 aliphatic heterocycles. The van der Waals surface area contributed by atoms with Crippen LogP contribution in [0.5, 0.6) is 0 Å². The smallest absolute Gasteiger partial charge is 0.352 e. The van der Waals surface area contributed by atoms with Gasteiger partial charge in [0.2, 0.25) is 5.91 Å². The predicted molar refractivity (Wildman–Crippen MR) is 126 cm³/mol. The van der Waals surface area contributed by atoms with Gasteiger partial charge in [-0.2, -0.15) is 0 Å². The Morgan fingerprint density at radius 3 is 2.74 bits per heavy atom. The van der Waals surface area contributed by atoms with Crippen molar-refractivity contribution >= 4 is 75.2 Å². The van der Waals surface area contributed by atoms with Crippen molar-refractivity contribution in [3.05, 3.63) is 22.3 Å². The van der Waals surface area contributed by atoms with Crippen LogP contribution in [-0.2, 0) is 33.5 Å². The van der Waals surface area contributed by atoms with Crippen LogP contribution >= 0.6 is 34.7 Å². The number of halogens is 1. The molecule has 188 valence electrons. The van der Waals surface area contributed by atoms with Crippen molar-refractivity contribution in [3.63, 3.8) is 0 Å². The van der Waals surface area contributed by atoms with Crippen LogP contribution < -0.4 is 10.6 Å². The number of esters is 1. The highest BCUT2D eigenvalue weighted by atomic mass is 35.5. The maximum Gasteiger partial charge on any atom is 0.352 e. The number of thioether (sulfide) groups is 1. The molecule has 1 aromatic heterocycles. The van der Waals surface area contributed by atoms with E-state index in [0.29, 0.717) is 0 Å². The minimum Gasteiger partial charge on any atom is -0.477 e. The number of ether oxygens (including phenoxy) is 1. The lowest BCUT2D eigenvalue weighted by Gasteiger charge is -2.49. The maximum atomic E-state index is 12.9. The standard InChI is InChI=1S/C19H20ClN5O8S2/c1-3-11(27)33-5-8-6-34-17-13(16(29)25(17)14(8)18(30)31)23-15(28)12(24-32-2)9-7-35-19(21-9)22-10(26)4-20/h7,13,17H,3-6H2,1-2H3,(H,23,28)(H,30,31)(H,21,22,26)/b24-12-/t13?,17-/m0/s1. The van der Waals surface area contributed by atoms with Crippen molar-refractivity contribution in [2.75, 3.05) is 30.7 Å². The number of thiazole rings is 1. The van der Waals surface area contributed by atoms with Gasteiger partial charge in [0.1, 0.15) is 42.4 Å². The summed E-state index contributed by atoms with van der Waals surface area (Å²) in [5.74, 6) is -3.83. The summed E-state index contributed by atoms with van der Waals surface area (Å²) < 4.78 is 5.04. The second-order valence-corrected chi connectivity index (χ2v) is 9.21. The molecule has 16 heteroatoms. The summed E-state index contributed by atoms with van der Waals surface area (Å²) >= 11 is 7.71. The summed E-state index contributed by atoms with van der Waals surface area (Å²) in [7, 11) is 1.22. The summed E-state index contributed by atoms with van der Waals surface area (Å²) in [6.07, 6.45) is 0.132. The quantitative estimate of drug-likeness (QED) is 0.122. The Morgan fingerprint density at radius 1 is 1.37 bits per heavy atom. The van der Waals surface area contributed by atoms with E-state index in [-0.39, 0.29) is 52.5 Å². The molecule has 3 rings (SSSR count). The zero-order valence-corrected chi connectivity index (χ0v) is 20.8. The molecule has 0 radical (unpaired) electrons. The van der Waals surface area contributed by atoms with Crippen molar-refractivity contribution in [1.29, 1.82) is 0 Å². The number of rotatable bonds is 10. The number of aliphatic carboxylic acids is 1. The molecule has 35 heavy (non-hydrogen) atoms. The van der Waals surface area contributed by atoms with Crippen molar-refractivity contribution in [3.8, 4) is 0 Å². The number of alkyl halides is 1. The van der Waals surface area contributed by atoms with E-state index in [4.69, 9.17) is 21.2 Å². The molecular formula is C19H20ClN5O8S2. The number of carboxylic acid groups (broad SMARTS) is 1. The van der Waals surface area contributed by atoms with Crippen molar-refractivity contribution < 1.29 is 38.7 Å². The third-order valence-electron chi connectivity index (χ3n) is 4.74. The first-order chi connectivity index (χ1) is 16.7. The first kappa shape index (κ1) is 26.4. The molecule has 2 atom stereocenters. The van der Waals surface area contributed by atoms with Gasteiger partial charge >= 0.3 is 11.9 Å². The highest BCUT2D eigenvalue weighted by Gasteiger charge is 2.54. The number of hydrogen-bond donors (Lipinski definition) is 3. The first-order valence-corrected chi connectivity index (χ1v) is 12.5. The van der Waals surface area contributed by atoms with Gasteiger partial charge in [-0.05, 0) is 0 Å². The number of carbonyl (C=O) groups excluding carboxylic acids is 4. The molecule has 0 spiro atoms. The predicted octanol–water partition coefficient (Wildman–Crippen LogP) is 0.363. The fourth-order valence-electron chi connectivity index (χ4n) is 3.16. The number of oxime groups is 1. The second-order valence-electron chi connectivity index (χ2n) is 6.97. The van der Waals surface area contributed by atoms with Crippen LogP contribution in [0.3, 0.4) is 0 Å². The van der Waals surface area contributed by atoms with Gasteiger partial charge in [0, 0.05) is 23.1 Å². The number of nitrogens with zero attached hydrogens (tertiary/aromatic N) is 3. The molecule has 0 bridgehead atoms. The number of hydrogen-bond acceptors (Lipinski definition) is 11. The lowest BCUT2D eigenvalue weighted by atomic mass is 10.0. The molecule has 3 heterocycles. The average Bonchev–Trinajstić information content (AvgIpc) is 3.30. The van der Waals surface area contributed by atoms with Gasteiger partial charge in [0.15, 0.2) is 10.8 Å². The Bertz CT molecular complexity index is 1120. The van der Waals surface area contributed by atoms with Gasteiger partial charge in [-0.3, -0.25) is 24.1 Å². The monoisotopic (exact) mass is 545 g/mol. The van der Waals surface area contributed by atoms with Crippen LogP contribution in [0.4, 0.5) is 5.13 Å². The molecular weight excluding hydrogens is 526 g/mol. The van der Waals surface area contributed by atoms with Gasteiger partial charge in [0.05, 0.1) is 0 Å². The molecule has 3 N–H and O–H groups in total. The summed E-state index contributed by atoms with van der Waals surface area (Å²) in [6, 6.07) is -1.03. The van der Waals surface area contributed by atoms with Crippen molar-refractivity contribution in [2.45, 2.75) is 24.8 Å². The van der Waals surface area contributed by atoms with E-state index in [1.165, 1.54) is 24.3 Å². The van der Waals surface area contributed by atoms with E-state index in [1.807, 2.05) is 0 Å². The zero-order valence-electron chi connectivity index (χ0n) is 18.4. The van der Waals surface area contributed by atoms with Gasteiger partial charge in [-0.25, -0.2) is 9.78 Å². The summed E-state index contributed by atoms with van der Waals surface area (Å²) in [4.78, 5) is 70.4. The van der Waals surface area contributed by atoms with E-state index < -0.39 is 41.1 Å². The fourth-order valence-corrected chi connectivity index (χ4v) is 5.27. The number of aromatic nitrogens is 1. The number of nitrogens with one attached hydrogen (secondary N) is 2. The summed E-state index contributed by atoms with van der Waals surface area (Å²) in [5.41, 5.74) is -0.138. The number of amides is 3. The fraction of sp³-hybridized carbons (Fsp3) is 0.421. The Hall–Kier alpha value is -3.17. The maximum absolute atomic E-state index is 12.9. The lowest BCUT2D eigenvalue weighted by Crippen LogP contribution is -2.71. The van der Waals surface area contributed by atoms with Gasteiger partial charge in [-0.1, -0.05) is 12.1 Å². The van der Waals surface area contributed by atoms with Crippen LogP contribution in [0, 0.1) is 0 Å². The van der Waals surface area contributed by atoms with Gasteiger partial charge in [0.25, 0.3) is 11.8 Å². The molecule has 2 aliphatic rings. The Morgan fingerprint density at radius 2 is 2.11 bits per heavy atom. The highest BCUT2D eigenvalue weighted by Crippen LogP contribution is 2.40. The van der Waals surface area contributed by atoms with Crippen molar-refractivity contribution in [2.24, 2.45) is 5.16 Å². The third kappa shape index (κ3) is 5.74. The highest BCUT2D eigenvalue weighted by molar-refractivity contribution is 8.00. The second kappa shape index (κ2) is 11.5. The van der Waals surface area contributed by atoms with Crippen LogP contribution in [0.1, 0.15) is 19.0 Å². The number of anilines is 1. The Kier molecular flexibility index (Phi) is 8.69. The summed E-state index contributed by atoms with van der Waals surface area (Å²) in [5, 5.41) is 19.3. The van der Waals surface area contributed by atoms with E-state index in [9.17, 15) is 29.1 Å². The average molecular weight is 546 g/mol. The van der Waals surface area contributed by atoms with Crippen LogP contribution in [-0.4, -0.2) is 87.1 Å². The van der Waals surface area contributed by atoms with Crippen LogP contribution in [0.25, 0.3) is 0 Å². The molecule has 1 aromatic rings. The van der Waals surface area contributed by atoms with E-state index in [0.717, 1.165) is 16.2 Å². The van der Waals surface area contributed by atoms with Gasteiger partial charge < -0.3 is 25.3 Å².